The van der Waals surface area contributed by atoms with Crippen LogP contribution in [-0.2, 0) is 4.74 Å². The number of pyridine rings is 1. The standard InChI is InChI=1S/C18H26FN3O2/c1-11-7-15(14(19)8-20-11)22-9-12-5-6-13(10-22)16(12)21-17(23)24-18(2,3)4/h7-8,12-13,16H,5-6,9-10H2,1-4H3,(H,21,23)/t12-,13+,16+. The number of anilines is 1. The van der Waals surface area contributed by atoms with Gasteiger partial charge in [0.2, 0.25) is 0 Å². The molecule has 1 amide bonds. The number of fused-ring (bicyclic) bond motifs is 2. The van der Waals surface area contributed by atoms with Crippen LogP contribution in [-0.4, -0.2) is 35.8 Å². The molecule has 2 bridgehead atoms. The molecule has 5 nitrogen and oxygen atoms in total. The highest BCUT2D eigenvalue weighted by Crippen LogP contribution is 2.39. The van der Waals surface area contributed by atoms with Crippen molar-refractivity contribution in [3.8, 4) is 0 Å². The molecule has 3 atom stereocenters. The van der Waals surface area contributed by atoms with E-state index in [-0.39, 0.29) is 18.0 Å². The van der Waals surface area contributed by atoms with Crippen LogP contribution < -0.4 is 10.2 Å². The van der Waals surface area contributed by atoms with Crippen LogP contribution in [0.2, 0.25) is 0 Å². The number of halogens is 1. The molecular weight excluding hydrogens is 309 g/mol. The van der Waals surface area contributed by atoms with Crippen LogP contribution >= 0.6 is 0 Å². The lowest BCUT2D eigenvalue weighted by Gasteiger charge is -2.39. The minimum atomic E-state index is -0.498. The maximum absolute atomic E-state index is 14.1. The fraction of sp³-hybridized carbons (Fsp3) is 0.667. The normalized spacial score (nSPS) is 26.4. The lowest BCUT2D eigenvalue weighted by molar-refractivity contribution is 0.0472. The number of aryl methyl sites for hydroxylation is 1. The topological polar surface area (TPSA) is 54.5 Å². The van der Waals surface area contributed by atoms with Crippen molar-refractivity contribution in [1.82, 2.24) is 10.3 Å². The third-order valence-corrected chi connectivity index (χ3v) is 4.83. The molecule has 1 saturated heterocycles. The average molecular weight is 335 g/mol. The first-order valence-electron chi connectivity index (χ1n) is 8.59. The Kier molecular flexibility index (Phi) is 4.40. The highest BCUT2D eigenvalue weighted by molar-refractivity contribution is 5.68. The summed E-state index contributed by atoms with van der Waals surface area (Å²) in [5, 5.41) is 3.04. The van der Waals surface area contributed by atoms with E-state index in [1.807, 2.05) is 27.7 Å². The molecule has 2 heterocycles. The molecule has 3 rings (SSSR count). The minimum absolute atomic E-state index is 0.113. The molecule has 2 aliphatic rings. The van der Waals surface area contributed by atoms with Gasteiger partial charge >= 0.3 is 6.09 Å². The fourth-order valence-corrected chi connectivity index (χ4v) is 3.87. The summed E-state index contributed by atoms with van der Waals surface area (Å²) in [4.78, 5) is 18.2. The average Bonchev–Trinajstić information content (AvgIpc) is 2.70. The van der Waals surface area contributed by atoms with Gasteiger partial charge in [0.1, 0.15) is 5.60 Å². The van der Waals surface area contributed by atoms with Crippen molar-refractivity contribution in [3.63, 3.8) is 0 Å². The van der Waals surface area contributed by atoms with Gasteiger partial charge in [-0.15, -0.1) is 0 Å². The summed E-state index contributed by atoms with van der Waals surface area (Å²) < 4.78 is 19.5. The first-order chi connectivity index (χ1) is 11.2. The molecule has 1 saturated carbocycles. The summed E-state index contributed by atoms with van der Waals surface area (Å²) in [6, 6.07) is 1.92. The molecule has 1 N–H and O–H groups in total. The Morgan fingerprint density at radius 2 is 1.96 bits per heavy atom. The lowest BCUT2D eigenvalue weighted by atomic mass is 9.92. The van der Waals surface area contributed by atoms with Gasteiger partial charge in [-0.25, -0.2) is 9.18 Å². The van der Waals surface area contributed by atoms with Crippen molar-refractivity contribution in [2.45, 2.75) is 52.2 Å². The smallest absolute Gasteiger partial charge is 0.407 e. The van der Waals surface area contributed by atoms with Crippen LogP contribution in [0.4, 0.5) is 14.9 Å². The Labute approximate surface area is 142 Å². The van der Waals surface area contributed by atoms with E-state index in [1.165, 1.54) is 6.20 Å². The Hall–Kier alpha value is -1.85. The van der Waals surface area contributed by atoms with Crippen molar-refractivity contribution in [2.75, 3.05) is 18.0 Å². The SMILES string of the molecule is Cc1cc(N2C[C@H]3CC[C@@H](C2)[C@H]3NC(=O)OC(C)(C)C)c(F)cn1. The number of hydrogen-bond donors (Lipinski definition) is 1. The third kappa shape index (κ3) is 3.62. The van der Waals surface area contributed by atoms with Gasteiger partial charge < -0.3 is 15.0 Å². The van der Waals surface area contributed by atoms with Crippen molar-refractivity contribution >= 4 is 11.8 Å². The predicted molar refractivity (Wildman–Crippen MR) is 90.5 cm³/mol. The number of piperidine rings is 1. The Balaban J connectivity index is 1.68. The predicted octanol–water partition coefficient (Wildman–Crippen LogP) is 3.27. The van der Waals surface area contributed by atoms with Gasteiger partial charge in [-0.3, -0.25) is 4.98 Å². The van der Waals surface area contributed by atoms with Crippen LogP contribution in [0.15, 0.2) is 12.3 Å². The van der Waals surface area contributed by atoms with E-state index < -0.39 is 5.60 Å². The Morgan fingerprint density at radius 1 is 1.33 bits per heavy atom. The second-order valence-corrected chi connectivity index (χ2v) is 7.95. The number of nitrogens with one attached hydrogen (secondary N) is 1. The fourth-order valence-electron chi connectivity index (χ4n) is 3.87. The second-order valence-electron chi connectivity index (χ2n) is 7.95. The number of nitrogens with zero attached hydrogens (tertiary/aromatic N) is 2. The van der Waals surface area contributed by atoms with Crippen LogP contribution in [0.5, 0.6) is 0 Å². The molecule has 0 radical (unpaired) electrons. The van der Waals surface area contributed by atoms with Gasteiger partial charge in [-0.2, -0.15) is 0 Å². The first kappa shape index (κ1) is 17.0. The zero-order chi connectivity index (χ0) is 17.5. The number of rotatable bonds is 2. The molecule has 6 heteroatoms. The van der Waals surface area contributed by atoms with Crippen LogP contribution in [0.1, 0.15) is 39.3 Å². The van der Waals surface area contributed by atoms with Crippen LogP contribution in [0, 0.1) is 24.6 Å². The van der Waals surface area contributed by atoms with Gasteiger partial charge in [-0.05, 0) is 58.4 Å². The zero-order valence-corrected chi connectivity index (χ0v) is 14.8. The highest BCUT2D eigenvalue weighted by atomic mass is 19.1. The van der Waals surface area contributed by atoms with E-state index in [0.717, 1.165) is 31.6 Å². The first-order valence-corrected chi connectivity index (χ1v) is 8.59. The molecule has 1 aromatic heterocycles. The summed E-state index contributed by atoms with van der Waals surface area (Å²) >= 11 is 0. The molecule has 0 unspecified atom stereocenters. The number of amides is 1. The number of aromatic nitrogens is 1. The number of ether oxygens (including phenoxy) is 1. The van der Waals surface area contributed by atoms with E-state index >= 15 is 0 Å². The molecule has 0 aromatic carbocycles. The maximum Gasteiger partial charge on any atom is 0.407 e. The van der Waals surface area contributed by atoms with Crippen LogP contribution in [0.3, 0.4) is 0 Å². The van der Waals surface area contributed by atoms with E-state index in [1.54, 1.807) is 6.07 Å². The summed E-state index contributed by atoms with van der Waals surface area (Å²) in [7, 11) is 0. The van der Waals surface area contributed by atoms with Crippen molar-refractivity contribution in [2.24, 2.45) is 11.8 Å². The summed E-state index contributed by atoms with van der Waals surface area (Å²) in [6.45, 7) is 8.94. The van der Waals surface area contributed by atoms with E-state index in [4.69, 9.17) is 4.74 Å². The quantitative estimate of drug-likeness (QED) is 0.901. The molecular formula is C18H26FN3O2. The van der Waals surface area contributed by atoms with Crippen molar-refractivity contribution in [1.29, 1.82) is 0 Å². The van der Waals surface area contributed by atoms with Crippen molar-refractivity contribution < 1.29 is 13.9 Å². The minimum Gasteiger partial charge on any atom is -0.444 e. The molecule has 1 aliphatic heterocycles. The lowest BCUT2D eigenvalue weighted by Crippen LogP contribution is -2.53. The summed E-state index contributed by atoms with van der Waals surface area (Å²) in [5.74, 6) is 0.367. The van der Waals surface area contributed by atoms with E-state index in [2.05, 4.69) is 15.2 Å². The largest absolute Gasteiger partial charge is 0.444 e. The van der Waals surface area contributed by atoms with Crippen molar-refractivity contribution in [3.05, 3.63) is 23.8 Å². The van der Waals surface area contributed by atoms with Gasteiger partial charge in [-0.1, -0.05) is 0 Å². The van der Waals surface area contributed by atoms with Crippen LogP contribution in [0.25, 0.3) is 0 Å². The van der Waals surface area contributed by atoms with Gasteiger partial charge in [0.15, 0.2) is 5.82 Å². The summed E-state index contributed by atoms with van der Waals surface area (Å²) in [5.41, 5.74) is 0.935. The third-order valence-electron chi connectivity index (χ3n) is 4.83. The number of alkyl carbamates (subject to hydrolysis) is 1. The molecule has 2 fully saturated rings. The zero-order valence-electron chi connectivity index (χ0n) is 14.8. The second kappa shape index (κ2) is 6.22. The molecule has 0 spiro atoms. The summed E-state index contributed by atoms with van der Waals surface area (Å²) in [6.07, 6.45) is 3.03. The number of hydrogen-bond acceptors (Lipinski definition) is 4. The van der Waals surface area contributed by atoms with Gasteiger partial charge in [0.05, 0.1) is 11.9 Å². The monoisotopic (exact) mass is 335 g/mol. The number of carbonyl (C=O) groups excluding carboxylic acids is 1. The molecule has 132 valence electrons. The molecule has 1 aromatic rings. The van der Waals surface area contributed by atoms with Gasteiger partial charge in [0, 0.05) is 24.8 Å². The maximum atomic E-state index is 14.1. The number of carbonyl (C=O) groups is 1. The van der Waals surface area contributed by atoms with E-state index in [9.17, 15) is 9.18 Å². The Morgan fingerprint density at radius 3 is 2.54 bits per heavy atom. The van der Waals surface area contributed by atoms with Gasteiger partial charge in [0.25, 0.3) is 0 Å². The van der Waals surface area contributed by atoms with E-state index in [0.29, 0.717) is 17.5 Å². The Bertz CT molecular complexity index is 615. The molecule has 24 heavy (non-hydrogen) atoms. The highest BCUT2D eigenvalue weighted by Gasteiger charge is 2.43. The molecule has 1 aliphatic carbocycles.